The number of piperidine rings is 2. The predicted octanol–water partition coefficient (Wildman–Crippen LogP) is 6.32. The molecule has 2 aromatic carbocycles. The fraction of sp³-hybridized carbons (Fsp3) is 0.500. The molecule has 4 atom stereocenters. The third kappa shape index (κ3) is 8.87. The summed E-state index contributed by atoms with van der Waals surface area (Å²) < 4.78 is 89.8. The second kappa shape index (κ2) is 14.8. The first-order chi connectivity index (χ1) is 20.7. The summed E-state index contributed by atoms with van der Waals surface area (Å²) in [6, 6.07) is 8.97. The van der Waals surface area contributed by atoms with Gasteiger partial charge in [-0.15, -0.1) is 0 Å². The number of carbonyl (C=O) groups is 3. The van der Waals surface area contributed by atoms with Crippen LogP contribution in [0.4, 0.5) is 31.1 Å². The number of esters is 2. The SMILES string of the molecule is COC(=O)C1CCN(C(=O)OC)C(c2ccc(C(F)(F)F)cc2)C1.COC(=O)C1CCNC(c2ccc(C(F)(F)F)cc2)C1. The molecule has 8 nitrogen and oxygen atoms in total. The number of halogens is 6. The number of likely N-dealkylation sites (tertiary alicyclic amines) is 1. The van der Waals surface area contributed by atoms with E-state index in [-0.39, 0.29) is 30.9 Å². The lowest BCUT2D eigenvalue weighted by Crippen LogP contribution is -2.42. The maximum atomic E-state index is 12.7. The number of methoxy groups -OCH3 is 3. The molecule has 1 N–H and O–H groups in total. The molecule has 2 aliphatic heterocycles. The van der Waals surface area contributed by atoms with Crippen LogP contribution in [0.15, 0.2) is 48.5 Å². The molecule has 14 heteroatoms. The molecule has 2 saturated heterocycles. The Kier molecular flexibility index (Phi) is 11.6. The van der Waals surface area contributed by atoms with E-state index in [4.69, 9.17) is 14.2 Å². The highest BCUT2D eigenvalue weighted by atomic mass is 19.4. The molecule has 0 aliphatic carbocycles. The molecule has 44 heavy (non-hydrogen) atoms. The Labute approximate surface area is 250 Å². The second-order valence-corrected chi connectivity index (χ2v) is 10.4. The van der Waals surface area contributed by atoms with Gasteiger partial charge in [0.15, 0.2) is 0 Å². The Morgan fingerprint density at radius 2 is 1.18 bits per heavy atom. The third-order valence-electron chi connectivity index (χ3n) is 7.75. The highest BCUT2D eigenvalue weighted by Crippen LogP contribution is 2.37. The van der Waals surface area contributed by atoms with Crippen molar-refractivity contribution < 1.29 is 54.9 Å². The fourth-order valence-corrected chi connectivity index (χ4v) is 5.35. The third-order valence-corrected chi connectivity index (χ3v) is 7.75. The molecule has 2 aliphatic rings. The number of nitrogens with one attached hydrogen (secondary N) is 1. The van der Waals surface area contributed by atoms with E-state index in [1.54, 1.807) is 0 Å². The standard InChI is InChI=1S/C16H18F3NO4.C14H16F3NO2/c1-23-14(21)11-7-8-20(15(22)24-2)13(9-11)10-3-5-12(6-4-10)16(17,18)19;1-20-13(19)10-6-7-18-12(8-10)9-2-4-11(5-3-9)14(15,16)17/h3-6,11,13H,7-9H2,1-2H3;2-5,10,12,18H,6-8H2,1H3. The summed E-state index contributed by atoms with van der Waals surface area (Å²) in [5.41, 5.74) is -0.161. The highest BCUT2D eigenvalue weighted by molar-refractivity contribution is 5.74. The van der Waals surface area contributed by atoms with Crippen LogP contribution in [-0.2, 0) is 36.2 Å². The van der Waals surface area contributed by atoms with Gasteiger partial charge in [0, 0.05) is 12.6 Å². The number of amides is 1. The van der Waals surface area contributed by atoms with E-state index in [2.05, 4.69) is 5.32 Å². The molecule has 0 saturated carbocycles. The van der Waals surface area contributed by atoms with Crippen LogP contribution in [0.3, 0.4) is 0 Å². The molecule has 4 rings (SSSR count). The molecule has 0 bridgehead atoms. The number of alkyl halides is 6. The summed E-state index contributed by atoms with van der Waals surface area (Å²) >= 11 is 0. The van der Waals surface area contributed by atoms with Crippen LogP contribution < -0.4 is 5.32 Å². The van der Waals surface area contributed by atoms with Gasteiger partial charge in [-0.25, -0.2) is 4.79 Å². The Balaban J connectivity index is 0.000000244. The summed E-state index contributed by atoms with van der Waals surface area (Å²) in [6.45, 7) is 0.906. The first kappa shape index (κ1) is 34.7. The summed E-state index contributed by atoms with van der Waals surface area (Å²) in [6.07, 6.45) is -7.42. The monoisotopic (exact) mass is 632 g/mol. The van der Waals surface area contributed by atoms with Crippen LogP contribution in [0.1, 0.15) is 60.0 Å². The van der Waals surface area contributed by atoms with Gasteiger partial charge < -0.3 is 24.4 Å². The molecule has 0 spiro atoms. The Hall–Kier alpha value is -3.81. The Bertz CT molecular complexity index is 1270. The molecular weight excluding hydrogens is 598 g/mol. The Morgan fingerprint density at radius 1 is 0.705 bits per heavy atom. The van der Waals surface area contributed by atoms with E-state index in [9.17, 15) is 40.7 Å². The normalized spacial score (nSPS) is 22.2. The minimum absolute atomic E-state index is 0.116. The van der Waals surface area contributed by atoms with Gasteiger partial charge in [0.2, 0.25) is 0 Å². The molecule has 2 heterocycles. The maximum absolute atomic E-state index is 12.7. The number of rotatable bonds is 4. The first-order valence-corrected chi connectivity index (χ1v) is 13.8. The molecule has 0 aromatic heterocycles. The lowest BCUT2D eigenvalue weighted by molar-refractivity contribution is -0.148. The van der Waals surface area contributed by atoms with Crippen molar-refractivity contribution in [1.29, 1.82) is 0 Å². The van der Waals surface area contributed by atoms with Crippen molar-refractivity contribution >= 4 is 18.0 Å². The quantitative estimate of drug-likeness (QED) is 0.240. The van der Waals surface area contributed by atoms with Crippen molar-refractivity contribution in [2.45, 2.75) is 50.1 Å². The minimum atomic E-state index is -4.43. The number of carbonyl (C=O) groups excluding carboxylic acids is 3. The van der Waals surface area contributed by atoms with Gasteiger partial charge in [-0.2, -0.15) is 26.3 Å². The van der Waals surface area contributed by atoms with E-state index >= 15 is 0 Å². The molecule has 1 amide bonds. The van der Waals surface area contributed by atoms with Crippen molar-refractivity contribution in [3.63, 3.8) is 0 Å². The van der Waals surface area contributed by atoms with Crippen LogP contribution in [0.5, 0.6) is 0 Å². The average Bonchev–Trinajstić information content (AvgIpc) is 3.03. The number of hydrogen-bond acceptors (Lipinski definition) is 7. The van der Waals surface area contributed by atoms with Gasteiger partial charge in [0.25, 0.3) is 0 Å². The van der Waals surface area contributed by atoms with Crippen LogP contribution in [0.25, 0.3) is 0 Å². The first-order valence-electron chi connectivity index (χ1n) is 13.8. The summed E-state index contributed by atoms with van der Waals surface area (Å²) in [4.78, 5) is 36.6. The minimum Gasteiger partial charge on any atom is -0.469 e. The van der Waals surface area contributed by atoms with Crippen molar-refractivity contribution in [2.75, 3.05) is 34.4 Å². The van der Waals surface area contributed by atoms with Gasteiger partial charge in [0.1, 0.15) is 0 Å². The number of ether oxygens (including phenoxy) is 3. The lowest BCUT2D eigenvalue weighted by Gasteiger charge is -2.37. The largest absolute Gasteiger partial charge is 0.469 e. The molecule has 2 fully saturated rings. The van der Waals surface area contributed by atoms with Crippen LogP contribution in [0, 0.1) is 11.8 Å². The smallest absolute Gasteiger partial charge is 0.416 e. The Morgan fingerprint density at radius 3 is 1.64 bits per heavy atom. The predicted molar refractivity (Wildman–Crippen MR) is 145 cm³/mol. The van der Waals surface area contributed by atoms with Gasteiger partial charge in [0.05, 0.1) is 50.3 Å². The molecule has 2 aromatic rings. The van der Waals surface area contributed by atoms with Crippen molar-refractivity contribution in [3.05, 3.63) is 70.8 Å². The van der Waals surface area contributed by atoms with E-state index in [0.717, 1.165) is 29.8 Å². The number of hydrogen-bond donors (Lipinski definition) is 1. The lowest BCUT2D eigenvalue weighted by atomic mass is 9.87. The van der Waals surface area contributed by atoms with Crippen molar-refractivity contribution in [2.24, 2.45) is 11.8 Å². The van der Waals surface area contributed by atoms with Gasteiger partial charge >= 0.3 is 30.4 Å². The van der Waals surface area contributed by atoms with E-state index in [1.807, 2.05) is 0 Å². The van der Waals surface area contributed by atoms with Crippen LogP contribution >= 0.6 is 0 Å². The van der Waals surface area contributed by atoms with Crippen LogP contribution in [0.2, 0.25) is 0 Å². The highest BCUT2D eigenvalue weighted by Gasteiger charge is 2.38. The zero-order chi connectivity index (χ0) is 32.7. The summed E-state index contributed by atoms with van der Waals surface area (Å²) in [7, 11) is 3.86. The van der Waals surface area contributed by atoms with Crippen LogP contribution in [-0.4, -0.2) is 57.4 Å². The van der Waals surface area contributed by atoms with Gasteiger partial charge in [-0.1, -0.05) is 24.3 Å². The van der Waals surface area contributed by atoms with Gasteiger partial charge in [-0.05, 0) is 67.6 Å². The zero-order valence-corrected chi connectivity index (χ0v) is 24.3. The fourth-order valence-electron chi connectivity index (χ4n) is 5.35. The van der Waals surface area contributed by atoms with E-state index in [1.165, 1.54) is 50.5 Å². The van der Waals surface area contributed by atoms with Gasteiger partial charge in [-0.3, -0.25) is 9.59 Å². The number of nitrogens with zero attached hydrogens (tertiary/aromatic N) is 1. The molecule has 0 radical (unpaired) electrons. The van der Waals surface area contributed by atoms with E-state index < -0.39 is 47.5 Å². The zero-order valence-electron chi connectivity index (χ0n) is 24.3. The van der Waals surface area contributed by atoms with Crippen molar-refractivity contribution in [1.82, 2.24) is 10.2 Å². The second-order valence-electron chi connectivity index (χ2n) is 10.4. The maximum Gasteiger partial charge on any atom is 0.416 e. The summed E-state index contributed by atoms with van der Waals surface area (Å²) in [5.74, 6) is -1.27. The molecule has 242 valence electrons. The molecular formula is C30H34F6N2O6. The van der Waals surface area contributed by atoms with Crippen molar-refractivity contribution in [3.8, 4) is 0 Å². The average molecular weight is 633 g/mol. The topological polar surface area (TPSA) is 94.2 Å². The molecule has 4 unspecified atom stereocenters. The van der Waals surface area contributed by atoms with E-state index in [0.29, 0.717) is 31.4 Å². The summed E-state index contributed by atoms with van der Waals surface area (Å²) in [5, 5.41) is 3.21. The number of benzene rings is 2.